The highest BCUT2D eigenvalue weighted by molar-refractivity contribution is 7.43. The van der Waals surface area contributed by atoms with E-state index in [2.05, 4.69) is 65.2 Å². The monoisotopic (exact) mass is 293 g/mol. The molecule has 0 bridgehead atoms. The number of nitrogens with zero attached hydrogens (tertiary/aromatic N) is 2. The van der Waals surface area contributed by atoms with Gasteiger partial charge in [0.2, 0.25) is 0 Å². The molecule has 116 valence electrons. The molecule has 0 radical (unpaired) electrons. The van der Waals surface area contributed by atoms with Crippen LogP contribution in [0.15, 0.2) is 0 Å². The maximum atomic E-state index is 9.51. The first-order valence-electron chi connectivity index (χ1n) is 7.04. The van der Waals surface area contributed by atoms with Gasteiger partial charge in [-0.1, -0.05) is 0 Å². The highest BCUT2D eigenvalue weighted by Gasteiger charge is 2.34. The molecule has 1 atom stereocenters. The van der Waals surface area contributed by atoms with E-state index in [-0.39, 0.29) is 6.35 Å². The van der Waals surface area contributed by atoms with E-state index in [4.69, 9.17) is 10.0 Å². The summed E-state index contributed by atoms with van der Waals surface area (Å²) in [6, 6.07) is 1.22. The molecule has 19 heavy (non-hydrogen) atoms. The van der Waals surface area contributed by atoms with Gasteiger partial charge in [-0.2, -0.15) is 0 Å². The Morgan fingerprint density at radius 3 is 1.21 bits per heavy atom. The van der Waals surface area contributed by atoms with Gasteiger partial charge in [0.25, 0.3) is 8.53 Å². The summed E-state index contributed by atoms with van der Waals surface area (Å²) in [5.41, 5.74) is 5.51. The van der Waals surface area contributed by atoms with Gasteiger partial charge >= 0.3 is 0 Å². The minimum Gasteiger partial charge on any atom is -0.338 e. The van der Waals surface area contributed by atoms with Crippen LogP contribution in [0.4, 0.5) is 0 Å². The minimum absolute atomic E-state index is 0.305. The fourth-order valence-electron chi connectivity index (χ4n) is 2.57. The summed E-state index contributed by atoms with van der Waals surface area (Å²) >= 11 is 0. The van der Waals surface area contributed by atoms with Crippen molar-refractivity contribution in [3.05, 3.63) is 0 Å². The summed E-state index contributed by atoms with van der Waals surface area (Å²) in [6.07, 6.45) is -0.305. The van der Waals surface area contributed by atoms with Gasteiger partial charge < -0.3 is 4.89 Å². The third-order valence-corrected chi connectivity index (χ3v) is 3.50. The van der Waals surface area contributed by atoms with Crippen LogP contribution in [-0.2, 0) is 4.52 Å². The van der Waals surface area contributed by atoms with Crippen molar-refractivity contribution in [3.8, 4) is 0 Å². The molecule has 0 heterocycles. The van der Waals surface area contributed by atoms with Crippen molar-refractivity contribution >= 4 is 8.53 Å². The van der Waals surface area contributed by atoms with E-state index in [9.17, 15) is 4.89 Å². The molecule has 6 heteroatoms. The highest BCUT2D eigenvalue weighted by atomic mass is 31.2. The van der Waals surface area contributed by atoms with E-state index in [1.54, 1.807) is 0 Å². The Balaban J connectivity index is 5.36. The van der Waals surface area contributed by atoms with Crippen molar-refractivity contribution in [2.45, 2.75) is 85.9 Å². The molecule has 0 fully saturated rings. The summed E-state index contributed by atoms with van der Waals surface area (Å²) in [5, 5.41) is 0. The Morgan fingerprint density at radius 1 is 0.789 bits per heavy atom. The van der Waals surface area contributed by atoms with Crippen LogP contribution in [0.25, 0.3) is 0 Å². The second kappa shape index (κ2) is 8.50. The van der Waals surface area contributed by atoms with Crippen molar-refractivity contribution in [1.29, 1.82) is 0 Å². The highest BCUT2D eigenvalue weighted by Crippen LogP contribution is 2.30. The molecule has 3 N–H and O–H groups in total. The molecule has 0 aromatic carbocycles. The van der Waals surface area contributed by atoms with Crippen LogP contribution in [0.5, 0.6) is 0 Å². The summed E-state index contributed by atoms with van der Waals surface area (Å²) in [6.45, 7) is 17.0. The number of nitrogens with two attached hydrogens (primary N) is 1. The van der Waals surface area contributed by atoms with Gasteiger partial charge in [-0.3, -0.25) is 19.8 Å². The van der Waals surface area contributed by atoms with Crippen molar-refractivity contribution < 1.29 is 9.42 Å². The van der Waals surface area contributed by atoms with Crippen LogP contribution >= 0.6 is 8.53 Å². The zero-order valence-electron chi connectivity index (χ0n) is 13.7. The summed E-state index contributed by atoms with van der Waals surface area (Å²) in [4.78, 5) is 14.0. The fraction of sp³-hybridized carbons (Fsp3) is 1.00. The molecule has 5 nitrogen and oxygen atoms in total. The lowest BCUT2D eigenvalue weighted by Gasteiger charge is -2.46. The number of hydrogen-bond donors (Lipinski definition) is 2. The van der Waals surface area contributed by atoms with Gasteiger partial charge in [0.15, 0.2) is 6.35 Å². The van der Waals surface area contributed by atoms with Crippen molar-refractivity contribution in [1.82, 2.24) is 9.80 Å². The topological polar surface area (TPSA) is 62.0 Å². The van der Waals surface area contributed by atoms with E-state index in [1.165, 1.54) is 0 Å². The molecule has 0 amide bonds. The van der Waals surface area contributed by atoms with Crippen molar-refractivity contribution in [3.63, 3.8) is 0 Å². The molecule has 0 aliphatic rings. The summed E-state index contributed by atoms with van der Waals surface area (Å²) in [7, 11) is -1.89. The molecule has 1 unspecified atom stereocenters. The Labute approximate surface area is 120 Å². The first kappa shape index (κ1) is 19.2. The van der Waals surface area contributed by atoms with E-state index >= 15 is 0 Å². The first-order valence-corrected chi connectivity index (χ1v) is 8.33. The van der Waals surface area contributed by atoms with Gasteiger partial charge in [0.1, 0.15) is 0 Å². The predicted molar refractivity (Wildman–Crippen MR) is 82.4 cm³/mol. The Hall–Kier alpha value is 0.230. The maximum absolute atomic E-state index is 9.51. The van der Waals surface area contributed by atoms with Gasteiger partial charge in [-0.25, -0.2) is 0 Å². The van der Waals surface area contributed by atoms with Gasteiger partial charge in [-0.05, 0) is 55.4 Å². The lowest BCUT2D eigenvalue weighted by molar-refractivity contribution is -0.142. The molecule has 0 spiro atoms. The van der Waals surface area contributed by atoms with Crippen LogP contribution in [0, 0.1) is 0 Å². The SMILES string of the molecule is CC(C)N(C(C)C)C(OP(N)O)N(C(C)C)C(C)C. The quantitative estimate of drug-likeness (QED) is 0.532. The largest absolute Gasteiger partial charge is 0.338 e. The molecule has 0 saturated carbocycles. The predicted octanol–water partition coefficient (Wildman–Crippen LogP) is 2.70. The second-order valence-corrected chi connectivity index (χ2v) is 6.82. The Bertz CT molecular complexity index is 212. The third kappa shape index (κ3) is 6.03. The average molecular weight is 293 g/mol. The number of hydrogen-bond acceptors (Lipinski definition) is 5. The molecule has 0 aliphatic heterocycles. The van der Waals surface area contributed by atoms with Crippen molar-refractivity contribution in [2.24, 2.45) is 5.50 Å². The van der Waals surface area contributed by atoms with Crippen LogP contribution in [0.3, 0.4) is 0 Å². The lowest BCUT2D eigenvalue weighted by atomic mass is 10.2. The zero-order valence-corrected chi connectivity index (χ0v) is 14.6. The van der Waals surface area contributed by atoms with Crippen molar-refractivity contribution in [2.75, 3.05) is 0 Å². The molecular formula is C13H32N3O2P. The Kier molecular flexibility index (Phi) is 8.60. The lowest BCUT2D eigenvalue weighted by Crippen LogP contribution is -2.58. The maximum Gasteiger partial charge on any atom is 0.252 e. The van der Waals surface area contributed by atoms with E-state index in [0.717, 1.165) is 0 Å². The molecule has 0 saturated heterocycles. The normalized spacial score (nSPS) is 15.0. The van der Waals surface area contributed by atoms with Gasteiger partial charge in [0, 0.05) is 24.2 Å². The van der Waals surface area contributed by atoms with E-state index in [1.807, 2.05) is 0 Å². The van der Waals surface area contributed by atoms with Crippen LogP contribution in [-0.4, -0.2) is 45.2 Å². The number of rotatable bonds is 8. The van der Waals surface area contributed by atoms with Crippen LogP contribution < -0.4 is 5.50 Å². The molecule has 0 aromatic rings. The van der Waals surface area contributed by atoms with E-state index < -0.39 is 8.53 Å². The molecule has 0 rings (SSSR count). The van der Waals surface area contributed by atoms with E-state index in [0.29, 0.717) is 24.2 Å². The van der Waals surface area contributed by atoms with Gasteiger partial charge in [0.05, 0.1) is 0 Å². The van der Waals surface area contributed by atoms with Gasteiger partial charge in [-0.15, -0.1) is 0 Å². The van der Waals surface area contributed by atoms with Crippen LogP contribution in [0.1, 0.15) is 55.4 Å². The average Bonchev–Trinajstić information content (AvgIpc) is 2.12. The zero-order chi connectivity index (χ0) is 15.3. The first-order chi connectivity index (χ1) is 8.59. The molecule has 0 aromatic heterocycles. The fourth-order valence-corrected chi connectivity index (χ4v) is 2.98. The standard InChI is InChI=1S/C13H32N3O2P/c1-9(2)15(10(3)4)13(18-19(14)17)16(11(5)6)12(7)8/h9-13,17H,14H2,1-8H3. The Morgan fingerprint density at radius 2 is 1.05 bits per heavy atom. The second-order valence-electron chi connectivity index (χ2n) is 6.00. The summed E-state index contributed by atoms with van der Waals surface area (Å²) < 4.78 is 5.67. The third-order valence-electron chi connectivity index (χ3n) is 3.10. The summed E-state index contributed by atoms with van der Waals surface area (Å²) in [5.74, 6) is 0. The minimum atomic E-state index is -1.89. The molecule has 0 aliphatic carbocycles. The smallest absolute Gasteiger partial charge is 0.252 e. The molecular weight excluding hydrogens is 261 g/mol. The van der Waals surface area contributed by atoms with Crippen LogP contribution in [0.2, 0.25) is 0 Å².